The summed E-state index contributed by atoms with van der Waals surface area (Å²) in [4.78, 5) is 11.5. The van der Waals surface area contributed by atoms with Crippen LogP contribution in [0.5, 0.6) is 11.5 Å². The number of methoxy groups -OCH3 is 1. The number of hydrogen-bond donors (Lipinski definition) is 3. The lowest BCUT2D eigenvalue weighted by molar-refractivity contribution is 0.0601. The topological polar surface area (TPSA) is 78.8 Å². The predicted molar refractivity (Wildman–Crippen MR) is 79.9 cm³/mol. The quantitative estimate of drug-likeness (QED) is 0.597. The van der Waals surface area contributed by atoms with Crippen LogP contribution in [0.3, 0.4) is 0 Å². The van der Waals surface area contributed by atoms with E-state index < -0.39 is 5.97 Å². The Labute approximate surface area is 126 Å². The monoisotopic (exact) mass is 307 g/mol. The molecule has 3 N–H and O–H groups in total. The molecule has 0 saturated carbocycles. The number of hydrogen-bond acceptors (Lipinski definition) is 5. The maximum atomic E-state index is 11.5. The van der Waals surface area contributed by atoms with Crippen LogP contribution in [0.4, 0.5) is 5.69 Å². The van der Waals surface area contributed by atoms with E-state index in [1.807, 2.05) is 0 Å². The van der Waals surface area contributed by atoms with Gasteiger partial charge in [0.25, 0.3) is 0 Å². The highest BCUT2D eigenvalue weighted by atomic mass is 35.5. The molecule has 110 valence electrons. The molecule has 0 saturated heterocycles. The lowest BCUT2D eigenvalue weighted by Gasteiger charge is -2.11. The van der Waals surface area contributed by atoms with Crippen molar-refractivity contribution in [1.82, 2.24) is 0 Å². The molecule has 0 spiro atoms. The third kappa shape index (κ3) is 3.38. The first-order valence-corrected chi connectivity index (χ1v) is 6.52. The lowest BCUT2D eigenvalue weighted by atomic mass is 10.1. The van der Waals surface area contributed by atoms with Gasteiger partial charge in [0.1, 0.15) is 0 Å². The minimum atomic E-state index is -0.463. The third-order valence-corrected chi connectivity index (χ3v) is 3.28. The molecule has 0 fully saturated rings. The molecule has 0 aliphatic heterocycles. The Balaban J connectivity index is 2.19. The number of anilines is 1. The number of para-hydroxylation sites is 1. The fourth-order valence-electron chi connectivity index (χ4n) is 1.82. The van der Waals surface area contributed by atoms with Crippen LogP contribution in [0.2, 0.25) is 5.02 Å². The molecule has 6 heteroatoms. The summed E-state index contributed by atoms with van der Waals surface area (Å²) in [5, 5.41) is 22.6. The average Bonchev–Trinajstić information content (AvgIpc) is 2.49. The summed E-state index contributed by atoms with van der Waals surface area (Å²) in [5.41, 5.74) is 1.40. The maximum Gasteiger partial charge on any atom is 0.337 e. The summed E-state index contributed by atoms with van der Waals surface area (Å²) in [6.45, 7) is 0.241. The predicted octanol–water partition coefficient (Wildman–Crippen LogP) is 3.15. The minimum Gasteiger partial charge on any atom is -0.504 e. The molecule has 2 rings (SSSR count). The Kier molecular flexibility index (Phi) is 4.55. The average molecular weight is 308 g/mol. The molecule has 0 aromatic heterocycles. The van der Waals surface area contributed by atoms with E-state index in [2.05, 4.69) is 10.1 Å². The number of phenolic OH excluding ortho intramolecular Hbond substituents is 2. The van der Waals surface area contributed by atoms with Crippen molar-refractivity contribution in [2.45, 2.75) is 6.54 Å². The second kappa shape index (κ2) is 6.37. The number of esters is 1. The number of nitrogens with one attached hydrogen (secondary N) is 1. The van der Waals surface area contributed by atoms with Gasteiger partial charge in [0.2, 0.25) is 0 Å². The molecule has 0 aliphatic carbocycles. The number of halogens is 1. The molecular formula is C15H14ClNO4. The Hall–Kier alpha value is -2.40. The number of carbonyl (C=O) groups excluding carboxylic acids is 1. The highest BCUT2D eigenvalue weighted by Crippen LogP contribution is 2.30. The molecule has 0 radical (unpaired) electrons. The molecule has 5 nitrogen and oxygen atoms in total. The van der Waals surface area contributed by atoms with Gasteiger partial charge in [0.15, 0.2) is 11.5 Å². The van der Waals surface area contributed by atoms with Crippen LogP contribution in [0, 0.1) is 0 Å². The number of phenols is 2. The normalized spacial score (nSPS) is 10.2. The van der Waals surface area contributed by atoms with Gasteiger partial charge in [-0.3, -0.25) is 0 Å². The van der Waals surface area contributed by atoms with Crippen molar-refractivity contribution in [3.05, 3.63) is 52.5 Å². The molecule has 2 aromatic carbocycles. The van der Waals surface area contributed by atoms with E-state index in [-0.39, 0.29) is 18.0 Å². The number of aromatic hydroxyl groups is 2. The van der Waals surface area contributed by atoms with Crippen LogP contribution in [-0.4, -0.2) is 23.3 Å². The molecule has 2 aromatic rings. The zero-order valence-electron chi connectivity index (χ0n) is 11.3. The van der Waals surface area contributed by atoms with Crippen LogP contribution in [0.15, 0.2) is 36.4 Å². The highest BCUT2D eigenvalue weighted by Gasteiger charge is 2.10. The Bertz CT molecular complexity index is 673. The molecule has 0 bridgehead atoms. The van der Waals surface area contributed by atoms with Gasteiger partial charge in [0, 0.05) is 12.1 Å². The summed E-state index contributed by atoms with van der Waals surface area (Å²) in [6, 6.07) is 9.39. The lowest BCUT2D eigenvalue weighted by Crippen LogP contribution is -2.04. The van der Waals surface area contributed by atoms with Gasteiger partial charge in [-0.1, -0.05) is 23.7 Å². The molecular weight excluding hydrogens is 294 g/mol. The van der Waals surface area contributed by atoms with E-state index in [1.54, 1.807) is 30.3 Å². The van der Waals surface area contributed by atoms with Crippen molar-refractivity contribution < 1.29 is 19.7 Å². The standard InChI is InChI=1S/C15H14ClNO4/c1-21-15(20)9-5-6-11(16)12(7-9)17-8-10-3-2-4-13(18)14(10)19/h2-7,17-19H,8H2,1H3. The first-order chi connectivity index (χ1) is 10.0. The van der Waals surface area contributed by atoms with Gasteiger partial charge in [-0.25, -0.2) is 4.79 Å². The summed E-state index contributed by atoms with van der Waals surface area (Å²) in [7, 11) is 1.30. The molecule has 0 heterocycles. The van der Waals surface area contributed by atoms with Crippen molar-refractivity contribution in [2.24, 2.45) is 0 Å². The van der Waals surface area contributed by atoms with Crippen LogP contribution in [0.25, 0.3) is 0 Å². The van der Waals surface area contributed by atoms with Crippen molar-refractivity contribution in [3.63, 3.8) is 0 Å². The number of ether oxygens (including phenoxy) is 1. The van der Waals surface area contributed by atoms with E-state index >= 15 is 0 Å². The number of carbonyl (C=O) groups is 1. The van der Waals surface area contributed by atoms with Crippen molar-refractivity contribution in [1.29, 1.82) is 0 Å². The zero-order chi connectivity index (χ0) is 15.4. The van der Waals surface area contributed by atoms with Crippen molar-refractivity contribution in [3.8, 4) is 11.5 Å². The second-order valence-electron chi connectivity index (χ2n) is 4.32. The van der Waals surface area contributed by atoms with Crippen LogP contribution in [-0.2, 0) is 11.3 Å². The van der Waals surface area contributed by atoms with Crippen LogP contribution in [0.1, 0.15) is 15.9 Å². The molecule has 0 amide bonds. The zero-order valence-corrected chi connectivity index (χ0v) is 12.0. The van der Waals surface area contributed by atoms with Crippen LogP contribution < -0.4 is 5.32 Å². The van der Waals surface area contributed by atoms with E-state index in [0.29, 0.717) is 21.8 Å². The van der Waals surface area contributed by atoms with E-state index in [9.17, 15) is 15.0 Å². The molecule has 0 unspecified atom stereocenters. The largest absolute Gasteiger partial charge is 0.504 e. The fraction of sp³-hybridized carbons (Fsp3) is 0.133. The molecule has 0 atom stereocenters. The van der Waals surface area contributed by atoms with Gasteiger partial charge in [-0.05, 0) is 24.3 Å². The van der Waals surface area contributed by atoms with Gasteiger partial charge >= 0.3 is 5.97 Å². The van der Waals surface area contributed by atoms with Gasteiger partial charge in [0.05, 0.1) is 23.4 Å². The summed E-state index contributed by atoms with van der Waals surface area (Å²) in [5.74, 6) is -0.844. The SMILES string of the molecule is COC(=O)c1ccc(Cl)c(NCc2cccc(O)c2O)c1. The van der Waals surface area contributed by atoms with Crippen molar-refractivity contribution >= 4 is 23.3 Å². The minimum absolute atomic E-state index is 0.190. The second-order valence-corrected chi connectivity index (χ2v) is 4.73. The Morgan fingerprint density at radius 2 is 2.05 bits per heavy atom. The molecule has 21 heavy (non-hydrogen) atoms. The van der Waals surface area contributed by atoms with Gasteiger partial charge in [-0.2, -0.15) is 0 Å². The summed E-state index contributed by atoms with van der Waals surface area (Å²) < 4.78 is 4.65. The van der Waals surface area contributed by atoms with Crippen LogP contribution >= 0.6 is 11.6 Å². The van der Waals surface area contributed by atoms with E-state index in [1.165, 1.54) is 13.2 Å². The first kappa shape index (κ1) is 15.0. The Morgan fingerprint density at radius 1 is 1.29 bits per heavy atom. The summed E-state index contributed by atoms with van der Waals surface area (Å²) >= 11 is 6.05. The van der Waals surface area contributed by atoms with Gasteiger partial charge < -0.3 is 20.3 Å². The molecule has 0 aliphatic rings. The fourth-order valence-corrected chi connectivity index (χ4v) is 2.00. The third-order valence-electron chi connectivity index (χ3n) is 2.96. The first-order valence-electron chi connectivity index (χ1n) is 6.14. The Morgan fingerprint density at radius 3 is 2.76 bits per heavy atom. The maximum absolute atomic E-state index is 11.5. The van der Waals surface area contributed by atoms with E-state index in [4.69, 9.17) is 11.6 Å². The smallest absolute Gasteiger partial charge is 0.337 e. The number of rotatable bonds is 4. The van der Waals surface area contributed by atoms with Gasteiger partial charge in [-0.15, -0.1) is 0 Å². The number of benzene rings is 2. The van der Waals surface area contributed by atoms with Crippen molar-refractivity contribution in [2.75, 3.05) is 12.4 Å². The summed E-state index contributed by atoms with van der Waals surface area (Å²) in [6.07, 6.45) is 0. The highest BCUT2D eigenvalue weighted by molar-refractivity contribution is 6.33. The van der Waals surface area contributed by atoms with E-state index in [0.717, 1.165) is 0 Å².